The van der Waals surface area contributed by atoms with Gasteiger partial charge in [-0.1, -0.05) is 24.3 Å². The van der Waals surface area contributed by atoms with E-state index in [4.69, 9.17) is 0 Å². The number of amides is 1. The number of rotatable bonds is 4. The van der Waals surface area contributed by atoms with Crippen molar-refractivity contribution < 1.29 is 4.79 Å². The van der Waals surface area contributed by atoms with Crippen LogP contribution in [0.4, 0.5) is 0 Å². The van der Waals surface area contributed by atoms with E-state index in [1.54, 1.807) is 18.3 Å². The van der Waals surface area contributed by atoms with Crippen LogP contribution in [0.1, 0.15) is 17.0 Å². The Morgan fingerprint density at radius 3 is 2.17 bits per heavy atom. The van der Waals surface area contributed by atoms with Gasteiger partial charge in [-0.15, -0.1) is 0 Å². The molecule has 0 unspecified atom stereocenters. The monoisotopic (exact) mass is 386 g/mol. The van der Waals surface area contributed by atoms with E-state index in [1.165, 1.54) is 0 Å². The van der Waals surface area contributed by atoms with E-state index in [1.807, 2.05) is 67.9 Å². The molecule has 4 aromatic rings. The Morgan fingerprint density at radius 2 is 1.62 bits per heavy atom. The van der Waals surface area contributed by atoms with Crippen molar-refractivity contribution in [2.45, 2.75) is 20.4 Å². The van der Waals surface area contributed by atoms with Crippen LogP contribution in [0, 0.1) is 13.8 Å². The predicted molar refractivity (Wildman–Crippen MR) is 116 cm³/mol. The number of nitrogens with one attached hydrogen (secondary N) is 1. The fourth-order valence-electron chi connectivity index (χ4n) is 3.62. The summed E-state index contributed by atoms with van der Waals surface area (Å²) in [4.78, 5) is 25.4. The van der Waals surface area contributed by atoms with Gasteiger partial charge in [0.05, 0.1) is 17.2 Å². The van der Waals surface area contributed by atoms with Crippen molar-refractivity contribution >= 4 is 33.9 Å². The molecule has 0 bridgehead atoms. The zero-order valence-electron chi connectivity index (χ0n) is 16.6. The van der Waals surface area contributed by atoms with Crippen LogP contribution < -0.4 is 10.9 Å². The van der Waals surface area contributed by atoms with E-state index >= 15 is 0 Å². The maximum atomic E-state index is 12.8. The van der Waals surface area contributed by atoms with Crippen LogP contribution in [0.2, 0.25) is 0 Å². The highest BCUT2D eigenvalue weighted by Gasteiger charge is 2.12. The maximum Gasteiger partial charge on any atom is 0.260 e. The molecule has 0 radical (unpaired) electrons. The summed E-state index contributed by atoms with van der Waals surface area (Å²) in [5, 5.41) is 5.31. The fraction of sp³-hybridized carbons (Fsp3) is 0.174. The molecule has 2 aromatic carbocycles. The summed E-state index contributed by atoms with van der Waals surface area (Å²) in [6, 6.07) is 16.7. The molecule has 2 aromatic heterocycles. The number of hydrogen-bond acceptors (Lipinski definition) is 3. The summed E-state index contributed by atoms with van der Waals surface area (Å²) >= 11 is 0. The lowest BCUT2D eigenvalue weighted by molar-refractivity contribution is -0.121. The largest absolute Gasteiger partial charge is 0.352 e. The minimum absolute atomic E-state index is 0.0270. The van der Waals surface area contributed by atoms with Crippen LogP contribution in [-0.4, -0.2) is 21.3 Å². The normalized spacial score (nSPS) is 11.6. The molecule has 0 aliphatic rings. The van der Waals surface area contributed by atoms with Crippen molar-refractivity contribution in [2.24, 2.45) is 12.1 Å². The van der Waals surface area contributed by atoms with Gasteiger partial charge in [0, 0.05) is 34.8 Å². The van der Waals surface area contributed by atoms with E-state index in [9.17, 15) is 9.59 Å². The van der Waals surface area contributed by atoms with Crippen molar-refractivity contribution in [3.63, 3.8) is 0 Å². The molecule has 0 saturated carbocycles. The molecule has 0 aliphatic carbocycles. The standard InChI is InChI=1S/C23H22N4O2/c1-15-12-17(16(2)26(15)3)13-24-25-22(28)14-27-20-10-6-4-8-18(20)23(29)19-9-5-7-11-21(19)27/h4-13H,14H2,1-3H3,(H,25,28)/b24-13-. The number of benzene rings is 2. The number of aromatic nitrogens is 2. The Labute approximate surface area is 168 Å². The average Bonchev–Trinajstić information content (AvgIpc) is 2.98. The molecule has 0 atom stereocenters. The highest BCUT2D eigenvalue weighted by molar-refractivity contribution is 5.95. The number of fused-ring (bicyclic) bond motifs is 2. The quantitative estimate of drug-likeness (QED) is 0.332. The molecule has 0 spiro atoms. The van der Waals surface area contributed by atoms with Gasteiger partial charge in [-0.05, 0) is 44.2 Å². The second-order valence-corrected chi connectivity index (χ2v) is 7.13. The molecular formula is C23H22N4O2. The molecule has 29 heavy (non-hydrogen) atoms. The van der Waals surface area contributed by atoms with Crippen molar-refractivity contribution in [1.29, 1.82) is 0 Å². The Morgan fingerprint density at radius 1 is 1.03 bits per heavy atom. The summed E-state index contributed by atoms with van der Waals surface area (Å²) in [5.41, 5.74) is 7.20. The number of para-hydroxylation sites is 2. The van der Waals surface area contributed by atoms with Gasteiger partial charge >= 0.3 is 0 Å². The number of aryl methyl sites for hydroxylation is 1. The van der Waals surface area contributed by atoms with Gasteiger partial charge in [0.1, 0.15) is 6.54 Å². The van der Waals surface area contributed by atoms with Crippen molar-refractivity contribution in [3.8, 4) is 0 Å². The van der Waals surface area contributed by atoms with Crippen molar-refractivity contribution in [2.75, 3.05) is 0 Å². The molecule has 2 heterocycles. The van der Waals surface area contributed by atoms with Gasteiger partial charge in [0.2, 0.25) is 0 Å². The second kappa shape index (κ2) is 7.39. The first-order chi connectivity index (χ1) is 14.0. The van der Waals surface area contributed by atoms with Crippen LogP contribution in [0.25, 0.3) is 21.8 Å². The third kappa shape index (κ3) is 3.33. The lowest BCUT2D eigenvalue weighted by Crippen LogP contribution is -2.25. The van der Waals surface area contributed by atoms with Crippen molar-refractivity contribution in [1.82, 2.24) is 14.6 Å². The third-order valence-corrected chi connectivity index (χ3v) is 5.39. The van der Waals surface area contributed by atoms with Crippen LogP contribution in [-0.2, 0) is 18.4 Å². The second-order valence-electron chi connectivity index (χ2n) is 7.13. The summed E-state index contributed by atoms with van der Waals surface area (Å²) in [5.74, 6) is -0.259. The molecule has 0 fully saturated rings. The topological polar surface area (TPSA) is 68.4 Å². The minimum atomic E-state index is -0.259. The highest BCUT2D eigenvalue weighted by atomic mass is 16.2. The summed E-state index contributed by atoms with van der Waals surface area (Å²) < 4.78 is 3.93. The molecule has 0 saturated heterocycles. The van der Waals surface area contributed by atoms with Gasteiger partial charge in [0.25, 0.3) is 5.91 Å². The van der Waals surface area contributed by atoms with E-state index < -0.39 is 0 Å². The first-order valence-corrected chi connectivity index (χ1v) is 9.42. The first kappa shape index (κ1) is 18.7. The van der Waals surface area contributed by atoms with Crippen molar-refractivity contribution in [3.05, 3.63) is 81.8 Å². The average molecular weight is 386 g/mol. The molecule has 6 nitrogen and oxygen atoms in total. The predicted octanol–water partition coefficient (Wildman–Crippen LogP) is 3.26. The third-order valence-electron chi connectivity index (χ3n) is 5.39. The molecule has 1 N–H and O–H groups in total. The van der Waals surface area contributed by atoms with Crippen LogP contribution >= 0.6 is 0 Å². The smallest absolute Gasteiger partial charge is 0.260 e. The van der Waals surface area contributed by atoms with E-state index in [2.05, 4.69) is 15.1 Å². The number of carbonyl (C=O) groups is 1. The van der Waals surface area contributed by atoms with E-state index in [-0.39, 0.29) is 17.9 Å². The summed E-state index contributed by atoms with van der Waals surface area (Å²) in [7, 11) is 1.99. The summed E-state index contributed by atoms with van der Waals surface area (Å²) in [6.07, 6.45) is 1.65. The molecule has 1 amide bonds. The Bertz CT molecular complexity index is 1270. The fourth-order valence-corrected chi connectivity index (χ4v) is 3.62. The van der Waals surface area contributed by atoms with E-state index in [0.717, 1.165) is 28.0 Å². The number of pyridine rings is 1. The highest BCUT2D eigenvalue weighted by Crippen LogP contribution is 2.19. The minimum Gasteiger partial charge on any atom is -0.352 e. The maximum absolute atomic E-state index is 12.8. The van der Waals surface area contributed by atoms with E-state index in [0.29, 0.717) is 10.8 Å². The lowest BCUT2D eigenvalue weighted by atomic mass is 10.1. The van der Waals surface area contributed by atoms with Gasteiger partial charge in [-0.3, -0.25) is 9.59 Å². The number of hydrazone groups is 1. The number of hydrogen-bond donors (Lipinski definition) is 1. The van der Waals surface area contributed by atoms with Gasteiger partial charge in [-0.25, -0.2) is 5.43 Å². The molecule has 4 rings (SSSR count). The zero-order valence-corrected chi connectivity index (χ0v) is 16.6. The van der Waals surface area contributed by atoms with Gasteiger partial charge in [-0.2, -0.15) is 5.10 Å². The molecular weight excluding hydrogens is 364 g/mol. The molecule has 146 valence electrons. The zero-order chi connectivity index (χ0) is 20.5. The molecule has 0 aliphatic heterocycles. The number of nitrogens with zero attached hydrogens (tertiary/aromatic N) is 3. The first-order valence-electron chi connectivity index (χ1n) is 9.42. The lowest BCUT2D eigenvalue weighted by Gasteiger charge is -2.14. The Hall–Kier alpha value is -3.67. The Balaban J connectivity index is 1.65. The summed E-state index contributed by atoms with van der Waals surface area (Å²) in [6.45, 7) is 4.09. The Kier molecular flexibility index (Phi) is 4.76. The number of carbonyl (C=O) groups excluding carboxylic acids is 1. The van der Waals surface area contributed by atoms with Gasteiger partial charge in [0.15, 0.2) is 5.43 Å². The SMILES string of the molecule is Cc1cc(/C=N\NC(=O)Cn2c3ccccc3c(=O)c3ccccc32)c(C)n1C. The molecule has 6 heteroatoms. The van der Waals surface area contributed by atoms with Crippen LogP contribution in [0.15, 0.2) is 64.5 Å². The van der Waals surface area contributed by atoms with Crippen LogP contribution in [0.5, 0.6) is 0 Å². The van der Waals surface area contributed by atoms with Gasteiger partial charge < -0.3 is 9.13 Å². The van der Waals surface area contributed by atoms with Crippen LogP contribution in [0.3, 0.4) is 0 Å².